The van der Waals surface area contributed by atoms with Gasteiger partial charge in [-0.2, -0.15) is 10.2 Å². The molecule has 2 aliphatic carbocycles. The van der Waals surface area contributed by atoms with Crippen LogP contribution in [-0.4, -0.2) is 41.6 Å². The van der Waals surface area contributed by atoms with E-state index in [1.165, 1.54) is 18.2 Å². The van der Waals surface area contributed by atoms with Crippen LogP contribution in [0.5, 0.6) is 0 Å². The fraction of sp³-hybridized carbons (Fsp3) is 0.370. The van der Waals surface area contributed by atoms with Crippen LogP contribution in [0.25, 0.3) is 22.8 Å². The molecule has 2 N–H and O–H groups in total. The molecule has 0 amide bonds. The first-order valence-electron chi connectivity index (χ1n) is 12.1. The van der Waals surface area contributed by atoms with Crippen molar-refractivity contribution in [3.63, 3.8) is 0 Å². The van der Waals surface area contributed by atoms with Crippen LogP contribution in [0.15, 0.2) is 42.5 Å². The second-order valence-corrected chi connectivity index (χ2v) is 10.4. The Hall–Kier alpha value is -3.59. The average Bonchev–Trinajstić information content (AvgIpc) is 3.46. The highest BCUT2D eigenvalue weighted by molar-refractivity contribution is 5.64. The van der Waals surface area contributed by atoms with E-state index >= 15 is 0 Å². The van der Waals surface area contributed by atoms with Gasteiger partial charge in [0.25, 0.3) is 0 Å². The molecule has 0 radical (unpaired) electrons. The van der Waals surface area contributed by atoms with Gasteiger partial charge in [0.1, 0.15) is 17.3 Å². The normalized spacial score (nSPS) is 22.6. The molecule has 3 aromatic heterocycles. The van der Waals surface area contributed by atoms with Crippen molar-refractivity contribution in [2.45, 2.75) is 57.5 Å². The lowest BCUT2D eigenvalue weighted by molar-refractivity contribution is 0.193. The number of fused-ring (bicyclic) bond motifs is 5. The maximum absolute atomic E-state index is 14.5. The average molecular weight is 489 g/mol. The van der Waals surface area contributed by atoms with Gasteiger partial charge in [-0.05, 0) is 67.0 Å². The van der Waals surface area contributed by atoms with E-state index in [2.05, 4.69) is 39.2 Å². The number of halogens is 2. The lowest BCUT2D eigenvalue weighted by atomic mass is 9.66. The van der Waals surface area contributed by atoms with Crippen molar-refractivity contribution >= 4 is 0 Å². The first kappa shape index (κ1) is 22.8. The van der Waals surface area contributed by atoms with E-state index in [1.54, 1.807) is 13.0 Å². The number of H-pyrrole nitrogens is 1. The Morgan fingerprint density at radius 2 is 1.81 bits per heavy atom. The number of aromatic nitrogens is 6. The molecule has 7 nitrogen and oxygen atoms in total. The number of rotatable bonds is 5. The molecule has 1 aromatic carbocycles. The number of aliphatic hydroxyl groups excluding tert-OH is 1. The Morgan fingerprint density at radius 3 is 2.56 bits per heavy atom. The van der Waals surface area contributed by atoms with Gasteiger partial charge in [0.15, 0.2) is 11.6 Å². The molecule has 6 rings (SSSR count). The maximum atomic E-state index is 14.5. The van der Waals surface area contributed by atoms with Crippen LogP contribution in [0.2, 0.25) is 0 Å². The van der Waals surface area contributed by atoms with Crippen LogP contribution in [0.1, 0.15) is 62.3 Å². The van der Waals surface area contributed by atoms with Gasteiger partial charge in [-0.15, -0.1) is 5.10 Å². The first-order chi connectivity index (χ1) is 17.2. The van der Waals surface area contributed by atoms with Gasteiger partial charge in [0.05, 0.1) is 34.2 Å². The fourth-order valence-corrected chi connectivity index (χ4v) is 6.33. The molecule has 2 aliphatic rings. The molecule has 9 heteroatoms. The molecule has 4 aromatic rings. The topological polar surface area (TPSA) is 100 Å². The number of pyridine rings is 1. The van der Waals surface area contributed by atoms with Gasteiger partial charge < -0.3 is 5.11 Å². The summed E-state index contributed by atoms with van der Waals surface area (Å²) >= 11 is 0. The SMILES string of the molecule is CC(O)Cc1n[nH]c(-c2cccc([C@@]34CC[C@@H](c5cc(-c6c(F)cccc6F)nnc53)C4(C)C)n2)n1. The molecule has 3 heterocycles. The summed E-state index contributed by atoms with van der Waals surface area (Å²) in [7, 11) is 0. The zero-order valence-electron chi connectivity index (χ0n) is 20.3. The van der Waals surface area contributed by atoms with Crippen LogP contribution in [0, 0.1) is 17.0 Å². The van der Waals surface area contributed by atoms with Crippen LogP contribution < -0.4 is 0 Å². The van der Waals surface area contributed by atoms with Crippen LogP contribution in [0.4, 0.5) is 8.78 Å². The summed E-state index contributed by atoms with van der Waals surface area (Å²) in [5, 5.41) is 25.7. The van der Waals surface area contributed by atoms with Gasteiger partial charge in [-0.1, -0.05) is 26.0 Å². The Kier molecular flexibility index (Phi) is 5.05. The lowest BCUT2D eigenvalue weighted by Crippen LogP contribution is -2.37. The maximum Gasteiger partial charge on any atom is 0.174 e. The summed E-state index contributed by atoms with van der Waals surface area (Å²) in [5.41, 5.74) is 2.63. The Bertz CT molecular complexity index is 1460. The summed E-state index contributed by atoms with van der Waals surface area (Å²) in [6.07, 6.45) is 1.57. The molecule has 1 saturated carbocycles. The van der Waals surface area contributed by atoms with E-state index in [0.29, 0.717) is 23.8 Å². The second-order valence-electron chi connectivity index (χ2n) is 10.4. The van der Waals surface area contributed by atoms with E-state index in [4.69, 9.17) is 4.98 Å². The van der Waals surface area contributed by atoms with E-state index in [-0.39, 0.29) is 22.6 Å². The van der Waals surface area contributed by atoms with E-state index in [9.17, 15) is 13.9 Å². The fourth-order valence-electron chi connectivity index (χ4n) is 6.33. The summed E-state index contributed by atoms with van der Waals surface area (Å²) in [5.74, 6) is -0.0944. The minimum atomic E-state index is -0.655. The second kappa shape index (κ2) is 7.96. The van der Waals surface area contributed by atoms with Gasteiger partial charge in [0.2, 0.25) is 0 Å². The molecule has 0 aliphatic heterocycles. The van der Waals surface area contributed by atoms with Crippen molar-refractivity contribution in [1.82, 2.24) is 30.4 Å². The predicted octanol–water partition coefficient (Wildman–Crippen LogP) is 4.73. The summed E-state index contributed by atoms with van der Waals surface area (Å²) < 4.78 is 29.0. The smallest absolute Gasteiger partial charge is 0.174 e. The number of hydrogen-bond acceptors (Lipinski definition) is 6. The standard InChI is InChI=1S/C27H26F2N6O/c1-14(36)12-22-31-25(35-33-22)19-8-5-9-21(30-19)27-11-10-16(26(27,2)3)15-13-20(32-34-24(15)27)23-17(28)6-4-7-18(23)29/h4-9,13-14,16,36H,10-12H2,1-3H3,(H,31,33,35)/t14?,16-,27-/m0/s1. The highest BCUT2D eigenvalue weighted by atomic mass is 19.1. The van der Waals surface area contributed by atoms with Gasteiger partial charge in [0, 0.05) is 6.42 Å². The third-order valence-corrected chi connectivity index (χ3v) is 8.04. The van der Waals surface area contributed by atoms with Crippen LogP contribution in [0.3, 0.4) is 0 Å². The van der Waals surface area contributed by atoms with Crippen molar-refractivity contribution in [3.8, 4) is 22.8 Å². The van der Waals surface area contributed by atoms with Gasteiger partial charge in [-0.25, -0.2) is 18.7 Å². The summed E-state index contributed by atoms with van der Waals surface area (Å²) in [4.78, 5) is 9.51. The van der Waals surface area contributed by atoms with Crippen molar-refractivity contribution in [3.05, 3.63) is 76.9 Å². The third-order valence-electron chi connectivity index (χ3n) is 8.04. The molecule has 2 bridgehead atoms. The molecule has 0 saturated heterocycles. The molecule has 3 atom stereocenters. The molecular formula is C27H26F2N6O. The van der Waals surface area contributed by atoms with E-state index < -0.39 is 23.2 Å². The Balaban J connectivity index is 1.46. The number of benzene rings is 1. The Labute approximate surface area is 207 Å². The molecule has 1 fully saturated rings. The van der Waals surface area contributed by atoms with Gasteiger partial charge in [-0.3, -0.25) is 5.10 Å². The number of nitrogens with one attached hydrogen (secondary N) is 1. The number of nitrogens with zero attached hydrogens (tertiary/aromatic N) is 5. The van der Waals surface area contributed by atoms with Crippen LogP contribution in [-0.2, 0) is 11.8 Å². The minimum Gasteiger partial charge on any atom is -0.393 e. The van der Waals surface area contributed by atoms with Crippen molar-refractivity contribution in [1.29, 1.82) is 0 Å². The molecule has 0 spiro atoms. The largest absolute Gasteiger partial charge is 0.393 e. The molecular weight excluding hydrogens is 462 g/mol. The highest BCUT2D eigenvalue weighted by Gasteiger charge is 2.65. The predicted molar refractivity (Wildman–Crippen MR) is 129 cm³/mol. The number of aromatic amines is 1. The lowest BCUT2D eigenvalue weighted by Gasteiger charge is -2.37. The van der Waals surface area contributed by atoms with Crippen molar-refractivity contribution in [2.24, 2.45) is 5.41 Å². The van der Waals surface area contributed by atoms with E-state index in [1.807, 2.05) is 18.2 Å². The monoisotopic (exact) mass is 488 g/mol. The zero-order chi connectivity index (χ0) is 25.2. The number of aliphatic hydroxyl groups is 1. The van der Waals surface area contributed by atoms with Crippen LogP contribution >= 0.6 is 0 Å². The Morgan fingerprint density at radius 1 is 1.06 bits per heavy atom. The van der Waals surface area contributed by atoms with Gasteiger partial charge >= 0.3 is 0 Å². The van der Waals surface area contributed by atoms with Crippen molar-refractivity contribution in [2.75, 3.05) is 0 Å². The first-order valence-corrected chi connectivity index (χ1v) is 12.1. The number of hydrogen-bond donors (Lipinski definition) is 2. The molecule has 184 valence electrons. The zero-order valence-corrected chi connectivity index (χ0v) is 20.3. The van der Waals surface area contributed by atoms with E-state index in [0.717, 1.165) is 29.8 Å². The summed E-state index contributed by atoms with van der Waals surface area (Å²) in [6, 6.07) is 11.4. The molecule has 36 heavy (non-hydrogen) atoms. The third kappa shape index (κ3) is 3.15. The molecule has 1 unspecified atom stereocenters. The minimum absolute atomic E-state index is 0.152. The van der Waals surface area contributed by atoms with Crippen molar-refractivity contribution < 1.29 is 13.9 Å². The highest BCUT2D eigenvalue weighted by Crippen LogP contribution is 2.69. The summed E-state index contributed by atoms with van der Waals surface area (Å²) in [6.45, 7) is 6.11. The quantitative estimate of drug-likeness (QED) is 0.421.